The van der Waals surface area contributed by atoms with Crippen molar-refractivity contribution in [3.63, 3.8) is 0 Å². The number of ether oxygens (including phenoxy) is 1. The fourth-order valence-electron chi connectivity index (χ4n) is 1.64. The highest BCUT2D eigenvalue weighted by Crippen LogP contribution is 2.37. The minimum Gasteiger partial charge on any atom is -0.478 e. The number of fused-ring (bicyclic) bond motifs is 1. The summed E-state index contributed by atoms with van der Waals surface area (Å²) in [4.78, 5) is 0. The molecule has 2 rings (SSSR count). The van der Waals surface area contributed by atoms with E-state index in [1.807, 2.05) is 0 Å². The number of halogens is 3. The highest BCUT2D eigenvalue weighted by atomic mass is 19.4. The Morgan fingerprint density at radius 2 is 2.20 bits per heavy atom. The van der Waals surface area contributed by atoms with Crippen LogP contribution in [0, 0.1) is 0 Å². The van der Waals surface area contributed by atoms with Crippen molar-refractivity contribution >= 4 is 0 Å². The summed E-state index contributed by atoms with van der Waals surface area (Å²) < 4.78 is 43.9. The third-order valence-electron chi connectivity index (χ3n) is 2.25. The van der Waals surface area contributed by atoms with Crippen LogP contribution in [0.15, 0.2) is 0 Å². The molecule has 1 aliphatic heterocycles. The van der Waals surface area contributed by atoms with Crippen molar-refractivity contribution in [2.75, 3.05) is 6.61 Å². The van der Waals surface area contributed by atoms with E-state index in [0.717, 1.165) is 4.68 Å². The van der Waals surface area contributed by atoms with Gasteiger partial charge in [0.25, 0.3) is 0 Å². The molecule has 0 bridgehead atoms. The molecule has 1 aromatic rings. The largest absolute Gasteiger partial charge is 0.478 e. The minimum atomic E-state index is -4.44. The van der Waals surface area contributed by atoms with Gasteiger partial charge in [0.2, 0.25) is 5.88 Å². The molecule has 0 atom stereocenters. The molecule has 84 valence electrons. The van der Waals surface area contributed by atoms with Gasteiger partial charge in [-0.25, -0.2) is 4.68 Å². The second-order valence-electron chi connectivity index (χ2n) is 3.26. The maximum Gasteiger partial charge on any atom is 0.435 e. The number of hydrogen-bond donors (Lipinski definition) is 1. The van der Waals surface area contributed by atoms with Crippen LogP contribution in [-0.2, 0) is 19.3 Å². The molecule has 15 heavy (non-hydrogen) atoms. The molecule has 0 saturated carbocycles. The third-order valence-corrected chi connectivity index (χ3v) is 2.25. The fraction of sp³-hybridized carbons (Fsp3) is 0.625. The van der Waals surface area contributed by atoms with Crippen LogP contribution >= 0.6 is 0 Å². The molecule has 1 aromatic heterocycles. The van der Waals surface area contributed by atoms with Gasteiger partial charge in [-0.15, -0.1) is 0 Å². The van der Waals surface area contributed by atoms with Gasteiger partial charge in [-0.05, 0) is 12.8 Å². The van der Waals surface area contributed by atoms with E-state index in [2.05, 4.69) is 5.10 Å². The minimum absolute atomic E-state index is 0.113. The summed E-state index contributed by atoms with van der Waals surface area (Å²) in [5, 5.41) is 3.42. The zero-order chi connectivity index (χ0) is 11.1. The van der Waals surface area contributed by atoms with Crippen LogP contribution in [0.25, 0.3) is 0 Å². The first-order chi connectivity index (χ1) is 7.04. The molecule has 0 fully saturated rings. The number of nitrogens with zero attached hydrogens (tertiary/aromatic N) is 2. The highest BCUT2D eigenvalue weighted by molar-refractivity contribution is 5.35. The van der Waals surface area contributed by atoms with Crippen molar-refractivity contribution in [3.8, 4) is 5.88 Å². The van der Waals surface area contributed by atoms with Gasteiger partial charge in [0, 0.05) is 5.56 Å². The van der Waals surface area contributed by atoms with E-state index in [1.165, 1.54) is 0 Å². The number of alkyl halides is 3. The molecule has 1 aliphatic rings. The van der Waals surface area contributed by atoms with Crippen molar-refractivity contribution in [2.24, 2.45) is 5.73 Å². The summed E-state index contributed by atoms with van der Waals surface area (Å²) in [7, 11) is 0. The Morgan fingerprint density at radius 1 is 1.47 bits per heavy atom. The smallest absolute Gasteiger partial charge is 0.435 e. The summed E-state index contributed by atoms with van der Waals surface area (Å²) >= 11 is 0. The standard InChI is InChI=1S/C8H10F3N3O/c9-8(10,11)6-5-2-1-3-15-7(5)14(4-12)13-6/h1-4,12H2. The molecule has 0 unspecified atom stereocenters. The lowest BCUT2D eigenvalue weighted by atomic mass is 10.1. The highest BCUT2D eigenvalue weighted by Gasteiger charge is 2.40. The third kappa shape index (κ3) is 1.67. The average Bonchev–Trinajstić information content (AvgIpc) is 2.55. The van der Waals surface area contributed by atoms with Gasteiger partial charge < -0.3 is 10.5 Å². The van der Waals surface area contributed by atoms with Crippen molar-refractivity contribution in [1.82, 2.24) is 9.78 Å². The van der Waals surface area contributed by atoms with Crippen LogP contribution in [0.5, 0.6) is 5.88 Å². The van der Waals surface area contributed by atoms with Crippen molar-refractivity contribution in [2.45, 2.75) is 25.7 Å². The SMILES string of the molecule is NCn1nc(C(F)(F)F)c2c1OCCC2. The molecule has 7 heteroatoms. The molecule has 2 N–H and O–H groups in total. The van der Waals surface area contributed by atoms with E-state index >= 15 is 0 Å². The molecular weight excluding hydrogens is 211 g/mol. The number of rotatable bonds is 1. The van der Waals surface area contributed by atoms with Crippen molar-refractivity contribution < 1.29 is 17.9 Å². The Labute approximate surface area is 83.8 Å². The van der Waals surface area contributed by atoms with Crippen LogP contribution in [0.4, 0.5) is 13.2 Å². The van der Waals surface area contributed by atoms with Crippen LogP contribution in [-0.4, -0.2) is 16.4 Å². The quantitative estimate of drug-likeness (QED) is 0.773. The lowest BCUT2D eigenvalue weighted by Gasteiger charge is -2.15. The zero-order valence-electron chi connectivity index (χ0n) is 7.84. The molecule has 0 radical (unpaired) electrons. The Kier molecular flexibility index (Phi) is 2.34. The van der Waals surface area contributed by atoms with Crippen LogP contribution < -0.4 is 10.5 Å². The first-order valence-corrected chi connectivity index (χ1v) is 4.53. The maximum absolute atomic E-state index is 12.6. The molecule has 4 nitrogen and oxygen atoms in total. The van der Waals surface area contributed by atoms with Crippen molar-refractivity contribution in [3.05, 3.63) is 11.3 Å². The molecule has 0 aromatic carbocycles. The van der Waals surface area contributed by atoms with Crippen LogP contribution in [0.3, 0.4) is 0 Å². The number of nitrogens with two attached hydrogens (primary N) is 1. The summed E-state index contributed by atoms with van der Waals surface area (Å²) in [6.45, 7) is 0.300. The summed E-state index contributed by atoms with van der Waals surface area (Å²) in [5.74, 6) is 0.163. The number of aromatic nitrogens is 2. The fourth-order valence-corrected chi connectivity index (χ4v) is 1.64. The Hall–Kier alpha value is -1.24. The number of hydrogen-bond acceptors (Lipinski definition) is 3. The average molecular weight is 221 g/mol. The van der Waals surface area contributed by atoms with E-state index in [-0.39, 0.29) is 18.1 Å². The predicted molar refractivity (Wildman–Crippen MR) is 45.2 cm³/mol. The molecule has 0 spiro atoms. The van der Waals surface area contributed by atoms with Gasteiger partial charge in [-0.1, -0.05) is 0 Å². The van der Waals surface area contributed by atoms with Crippen LogP contribution in [0.2, 0.25) is 0 Å². The second kappa shape index (κ2) is 3.41. The van der Waals surface area contributed by atoms with Gasteiger partial charge in [0.05, 0.1) is 13.3 Å². The van der Waals surface area contributed by atoms with E-state index in [1.54, 1.807) is 0 Å². The molecule has 0 amide bonds. The van der Waals surface area contributed by atoms with E-state index in [9.17, 15) is 13.2 Å². The van der Waals surface area contributed by atoms with Crippen LogP contribution in [0.1, 0.15) is 17.7 Å². The first-order valence-electron chi connectivity index (χ1n) is 4.53. The van der Waals surface area contributed by atoms with E-state index < -0.39 is 11.9 Å². The molecular formula is C8H10F3N3O. The van der Waals surface area contributed by atoms with Gasteiger partial charge in [-0.3, -0.25) is 0 Å². The normalized spacial score (nSPS) is 16.0. The monoisotopic (exact) mass is 221 g/mol. The summed E-state index contributed by atoms with van der Waals surface area (Å²) in [6.07, 6.45) is -3.53. The Morgan fingerprint density at radius 3 is 2.80 bits per heavy atom. The van der Waals surface area contributed by atoms with E-state index in [4.69, 9.17) is 10.5 Å². The predicted octanol–water partition coefficient (Wildman–Crippen LogP) is 1.14. The van der Waals surface area contributed by atoms with E-state index in [0.29, 0.717) is 19.4 Å². The second-order valence-corrected chi connectivity index (χ2v) is 3.26. The van der Waals surface area contributed by atoms with Crippen molar-refractivity contribution in [1.29, 1.82) is 0 Å². The Balaban J connectivity index is 2.52. The molecule has 0 aliphatic carbocycles. The van der Waals surface area contributed by atoms with Gasteiger partial charge in [-0.2, -0.15) is 18.3 Å². The Bertz CT molecular complexity index is 372. The lowest BCUT2D eigenvalue weighted by molar-refractivity contribution is -0.142. The summed E-state index contributed by atoms with van der Waals surface area (Å²) in [5.41, 5.74) is 4.54. The van der Waals surface area contributed by atoms with Gasteiger partial charge >= 0.3 is 6.18 Å². The lowest BCUT2D eigenvalue weighted by Crippen LogP contribution is -2.15. The maximum atomic E-state index is 12.6. The summed E-state index contributed by atoms with van der Waals surface area (Å²) in [6, 6.07) is 0. The molecule has 2 heterocycles. The first kappa shape index (κ1) is 10.3. The van der Waals surface area contributed by atoms with Gasteiger partial charge in [0.1, 0.15) is 0 Å². The topological polar surface area (TPSA) is 53.1 Å². The zero-order valence-corrected chi connectivity index (χ0v) is 7.84. The van der Waals surface area contributed by atoms with Gasteiger partial charge in [0.15, 0.2) is 5.69 Å². The molecule has 0 saturated heterocycles.